The molecule has 0 unspecified atom stereocenters. The zero-order valence-corrected chi connectivity index (χ0v) is 80.8. The van der Waals surface area contributed by atoms with E-state index < -0.39 is 29.8 Å². The van der Waals surface area contributed by atoms with Gasteiger partial charge in [-0.25, -0.2) is 33.6 Å². The van der Waals surface area contributed by atoms with Crippen LogP contribution in [0, 0.1) is 27.7 Å². The summed E-state index contributed by atoms with van der Waals surface area (Å²) >= 11 is 9.37. The number of rotatable bonds is 15. The molecule has 0 aliphatic heterocycles. The fourth-order valence-corrected chi connectivity index (χ4v) is 26.5. The van der Waals surface area contributed by atoms with Gasteiger partial charge >= 0.3 is 29.8 Å². The zero-order chi connectivity index (χ0) is 90.8. The number of benzene rings is 4. The lowest BCUT2D eigenvalue weighted by Gasteiger charge is -2.39. The molecule has 0 amide bonds. The second kappa shape index (κ2) is 35.3. The smallest absolute Gasteiger partial charge is 0.337 e. The predicted molar refractivity (Wildman–Crippen MR) is 517 cm³/mol. The van der Waals surface area contributed by atoms with E-state index in [1.165, 1.54) is 165 Å². The highest BCUT2D eigenvalue weighted by molar-refractivity contribution is 7.17. The monoisotopic (exact) mass is 1760 g/mol. The van der Waals surface area contributed by atoms with Gasteiger partial charge in [-0.1, -0.05) is 166 Å². The van der Waals surface area contributed by atoms with Crippen molar-refractivity contribution >= 4 is 143 Å². The van der Waals surface area contributed by atoms with Crippen molar-refractivity contribution in [3.63, 3.8) is 0 Å². The number of carbonyl (C=O) groups is 5. The molecule has 124 heavy (non-hydrogen) atoms. The topological polar surface area (TPSA) is 237 Å². The lowest BCUT2D eigenvalue weighted by Crippen LogP contribution is -2.32. The molecular formula is C103H124N6O10S5. The van der Waals surface area contributed by atoms with Gasteiger partial charge in [0.2, 0.25) is 0 Å². The van der Waals surface area contributed by atoms with E-state index in [1.54, 1.807) is 78.1 Å². The van der Waals surface area contributed by atoms with Crippen LogP contribution in [0.5, 0.6) is 0 Å². The Balaban J connectivity index is 0.000000141. The van der Waals surface area contributed by atoms with Gasteiger partial charge in [0.1, 0.15) is 16.3 Å². The first-order valence-electron chi connectivity index (χ1n) is 43.2. The van der Waals surface area contributed by atoms with Gasteiger partial charge in [-0.2, -0.15) is 0 Å². The van der Waals surface area contributed by atoms with Crippen molar-refractivity contribution in [1.82, 2.24) is 20.0 Å². The van der Waals surface area contributed by atoms with E-state index in [0.29, 0.717) is 22.2 Å². The Morgan fingerprint density at radius 3 is 1.22 bits per heavy atom. The number of nitrogens with zero attached hydrogens (tertiary/aromatic N) is 6. The minimum atomic E-state index is -0.952. The first-order valence-corrected chi connectivity index (χ1v) is 47.3. The minimum Gasteiger partial charge on any atom is -0.478 e. The third-order valence-corrected chi connectivity index (χ3v) is 34.5. The second-order valence-electron chi connectivity index (χ2n) is 40.2. The van der Waals surface area contributed by atoms with Crippen molar-refractivity contribution in [2.24, 2.45) is 0 Å². The third-order valence-electron chi connectivity index (χ3n) is 26.7. The van der Waals surface area contributed by atoms with Crippen LogP contribution in [-0.4, -0.2) is 88.9 Å². The molecule has 0 fully saturated rings. The Morgan fingerprint density at radius 1 is 0.411 bits per heavy atom. The van der Waals surface area contributed by atoms with E-state index in [1.807, 2.05) is 93.5 Å². The van der Waals surface area contributed by atoms with Crippen LogP contribution in [0.15, 0.2) is 115 Å². The molecule has 11 aromatic rings. The first kappa shape index (κ1) is 93.5. The number of carboxylic acid groups (broad SMARTS) is 5. The Bertz CT molecular complexity index is 5750. The third kappa shape index (κ3) is 19.2. The Hall–Kier alpha value is -9.64. The van der Waals surface area contributed by atoms with Gasteiger partial charge in [-0.15, -0.1) is 61.8 Å². The molecule has 16 rings (SSSR count). The largest absolute Gasteiger partial charge is 0.478 e. The van der Waals surface area contributed by atoms with Crippen molar-refractivity contribution in [3.05, 3.63) is 239 Å². The van der Waals surface area contributed by atoms with E-state index in [0.717, 1.165) is 46.1 Å². The Kier molecular flexibility index (Phi) is 26.6. The van der Waals surface area contributed by atoms with Gasteiger partial charge < -0.3 is 35.3 Å². The number of fused-ring (bicyclic) bond motifs is 6. The van der Waals surface area contributed by atoms with E-state index >= 15 is 0 Å². The van der Waals surface area contributed by atoms with Gasteiger partial charge in [0.25, 0.3) is 0 Å². The Labute approximate surface area is 752 Å². The molecule has 656 valence electrons. The molecular weight excluding hydrogens is 1640 g/mol. The molecule has 0 atom stereocenters. The fourth-order valence-electron chi connectivity index (χ4n) is 18.8. The standard InChI is InChI=1S/C22H29NO2S.2C22H26O2S.C19H21N3O2S.C18H22N2O2S/c1-7-23(16-10-8-15(9-11-16)20(24)25)19-14(2)17-18(26-19)22(5,6)13-12-21(17,3)4;2*1-14-17(11-8-15-6-9-16(10-7-15)20(23)24)25-19-18(14)21(2,3)12-13-22(19,4)5;1-18(2)7-8-19(3,4)16-12(18)10-15(25-16)22-14-6-5-11(17(23)24)9-13(14)20-21-22;1-11-15-13(6-5-9-18(15,2)3)23-16(11)20(4)14-8-7-12(10-19-14)17(21)22/h8-11H,7,12-13H2,1-6H3,(H,24,25);2*6-11H,12-13H2,1-5H3,(H,23,24);5-6,9-10H,7-8H2,1-4H3,(H,23,24);7-8,10H,5-6,9H2,1-4H3,(H,21,22)/b;11-8+;11-8-;;. The molecule has 0 bridgehead atoms. The molecule has 7 heterocycles. The van der Waals surface area contributed by atoms with Gasteiger partial charge in [0.05, 0.1) is 43.3 Å². The molecule has 4 aromatic carbocycles. The number of aromatic nitrogens is 4. The summed E-state index contributed by atoms with van der Waals surface area (Å²) in [6.07, 6.45) is 23.2. The number of hydrogen-bond acceptors (Lipinski definition) is 15. The summed E-state index contributed by atoms with van der Waals surface area (Å²) in [4.78, 5) is 74.0. The number of anilines is 4. The molecule has 5 N–H and O–H groups in total. The lowest BCUT2D eigenvalue weighted by atomic mass is 9.66. The molecule has 7 aromatic heterocycles. The van der Waals surface area contributed by atoms with E-state index in [-0.39, 0.29) is 59.9 Å². The van der Waals surface area contributed by atoms with Crippen LogP contribution in [0.3, 0.4) is 0 Å². The van der Waals surface area contributed by atoms with Crippen LogP contribution >= 0.6 is 56.7 Å². The summed E-state index contributed by atoms with van der Waals surface area (Å²) in [5, 5.41) is 57.3. The molecule has 5 aliphatic rings. The summed E-state index contributed by atoms with van der Waals surface area (Å²) in [5.74, 6) is -3.79. The molecule has 0 saturated carbocycles. The quantitative estimate of drug-likeness (QED) is 0.0642. The van der Waals surface area contributed by atoms with Crippen LogP contribution < -0.4 is 9.80 Å². The molecule has 21 heteroatoms. The van der Waals surface area contributed by atoms with Crippen LogP contribution in [0.25, 0.3) is 40.3 Å². The summed E-state index contributed by atoms with van der Waals surface area (Å²) < 4.78 is 1.83. The highest BCUT2D eigenvalue weighted by Crippen LogP contribution is 2.58. The molecule has 5 aliphatic carbocycles. The van der Waals surface area contributed by atoms with Crippen molar-refractivity contribution in [2.45, 2.75) is 279 Å². The SMILES string of the molecule is CC1(C)CCC(C)(C)c2sc(-n3nnc4cc(C(=O)O)ccc43)cc21.CCN(c1ccc(C(=O)O)cc1)c1sc2c(c1C)C(C)(C)CCC2(C)C.Cc1c(/C=C/c2ccc(C(=O)O)cc2)sc2c1C(C)(C)CCC2(C)C.Cc1c(/C=C\c2ccc(C(=O)O)cc2)sc2c1C(C)(C)CCC2(C)C.Cc1c(N(C)c2ccc(C(=O)O)cn2)sc2c1C(C)(C)CCC2. The number of pyridine rings is 1. The molecule has 0 radical (unpaired) electrons. The van der Waals surface area contributed by atoms with Gasteiger partial charge in [-0.3, -0.25) is 0 Å². The average Bonchev–Trinajstić information content (AvgIpc) is 1.40. The number of thiophene rings is 5. The van der Waals surface area contributed by atoms with Gasteiger partial charge in [-0.05, 0) is 312 Å². The molecule has 16 nitrogen and oxygen atoms in total. The summed E-state index contributed by atoms with van der Waals surface area (Å²) in [6, 6.07) is 31.8. The van der Waals surface area contributed by atoms with E-state index in [9.17, 15) is 24.0 Å². The van der Waals surface area contributed by atoms with Crippen molar-refractivity contribution in [1.29, 1.82) is 0 Å². The van der Waals surface area contributed by atoms with Crippen molar-refractivity contribution in [3.8, 4) is 5.00 Å². The Morgan fingerprint density at radius 2 is 0.806 bits per heavy atom. The number of aromatic carboxylic acids is 5. The number of carboxylic acids is 5. The minimum absolute atomic E-state index is 0.159. The summed E-state index contributed by atoms with van der Waals surface area (Å²) in [7, 11) is 2.00. The maximum atomic E-state index is 11.1. The highest BCUT2D eigenvalue weighted by Gasteiger charge is 2.45. The van der Waals surface area contributed by atoms with Crippen LogP contribution in [0.2, 0.25) is 0 Å². The second-order valence-corrected chi connectivity index (χ2v) is 45.4. The van der Waals surface area contributed by atoms with Gasteiger partial charge in [0, 0.05) is 59.6 Å². The first-order chi connectivity index (χ1) is 57.8. The molecule has 0 spiro atoms. The normalized spacial score (nSPS) is 17.7. The van der Waals surface area contributed by atoms with Crippen LogP contribution in [0.4, 0.5) is 21.5 Å². The maximum Gasteiger partial charge on any atom is 0.337 e. The lowest BCUT2D eigenvalue weighted by molar-refractivity contribution is 0.0685. The summed E-state index contributed by atoms with van der Waals surface area (Å²) in [5.41, 5.74) is 20.9. The van der Waals surface area contributed by atoms with Crippen molar-refractivity contribution < 1.29 is 49.5 Å². The fraction of sp³-hybridized carbons (Fsp3) is 0.437. The van der Waals surface area contributed by atoms with E-state index in [2.05, 4.69) is 215 Å². The number of aryl methyl sites for hydroxylation is 1. The summed E-state index contributed by atoms with van der Waals surface area (Å²) in [6.45, 7) is 54.1. The number of hydrogen-bond donors (Lipinski definition) is 5. The maximum absolute atomic E-state index is 11.1. The zero-order valence-electron chi connectivity index (χ0n) is 76.8. The highest BCUT2D eigenvalue weighted by atomic mass is 32.1. The van der Waals surface area contributed by atoms with Crippen LogP contribution in [0.1, 0.15) is 343 Å². The average molecular weight is 1770 g/mol. The van der Waals surface area contributed by atoms with Crippen molar-refractivity contribution in [2.75, 3.05) is 23.4 Å². The van der Waals surface area contributed by atoms with Crippen LogP contribution in [-0.2, 0) is 55.2 Å². The van der Waals surface area contributed by atoms with E-state index in [4.69, 9.17) is 25.5 Å². The van der Waals surface area contributed by atoms with Gasteiger partial charge in [0.15, 0.2) is 0 Å². The predicted octanol–water partition coefficient (Wildman–Crippen LogP) is 27.9. The molecule has 0 saturated heterocycles.